The Bertz CT molecular complexity index is 1280. The van der Waals surface area contributed by atoms with Gasteiger partial charge in [-0.3, -0.25) is 9.69 Å². The third-order valence-corrected chi connectivity index (χ3v) is 6.68. The van der Waals surface area contributed by atoms with Crippen LogP contribution in [0.15, 0.2) is 47.9 Å². The molecular formula is C27H32F2N4O6. The molecule has 1 saturated carbocycles. The lowest BCUT2D eigenvalue weighted by molar-refractivity contribution is -0.132. The Balaban J connectivity index is 1.85. The maximum Gasteiger partial charge on any atom is 0.387 e. The second-order valence-electron chi connectivity index (χ2n) is 9.72. The van der Waals surface area contributed by atoms with Crippen LogP contribution in [-0.4, -0.2) is 59.7 Å². The number of halogens is 2. The molecular weight excluding hydrogens is 514 g/mol. The summed E-state index contributed by atoms with van der Waals surface area (Å²) in [5.41, 5.74) is 4.77. The summed E-state index contributed by atoms with van der Waals surface area (Å²) in [5.74, 6) is -1.32. The third-order valence-electron chi connectivity index (χ3n) is 6.68. The number of amides is 1. The number of hydrogen-bond donors (Lipinski definition) is 2. The Hall–Kier alpha value is -3.93. The highest BCUT2D eigenvalue weighted by Crippen LogP contribution is 2.47. The summed E-state index contributed by atoms with van der Waals surface area (Å²) >= 11 is 0. The minimum absolute atomic E-state index is 0.0115. The molecule has 4 rings (SSSR count). The molecule has 2 aromatic rings. The molecule has 12 heteroatoms. The number of anilines is 1. The van der Waals surface area contributed by atoms with Crippen LogP contribution in [-0.2, 0) is 15.3 Å². The largest absolute Gasteiger partial charge is 0.489 e. The average molecular weight is 547 g/mol. The number of nitrogens with zero attached hydrogens (tertiary/aromatic N) is 3. The first-order valence-electron chi connectivity index (χ1n) is 12.6. The molecule has 1 aliphatic heterocycles. The van der Waals surface area contributed by atoms with Gasteiger partial charge in [0.15, 0.2) is 17.2 Å². The van der Waals surface area contributed by atoms with Crippen molar-refractivity contribution in [3.63, 3.8) is 0 Å². The molecule has 1 aromatic heterocycles. The maximum absolute atomic E-state index is 13.1. The molecule has 1 aromatic carbocycles. The molecule has 1 unspecified atom stereocenters. The fourth-order valence-corrected chi connectivity index (χ4v) is 4.26. The predicted molar refractivity (Wildman–Crippen MR) is 137 cm³/mol. The standard InChI is InChI=1S/C27H32F2N4O6/c1-5-32(4)24(34)18-7-6-8-21(31-18)33-22(25(35)36)23(15(2)30)39-27(33,3)17-11-12-19(38-26(28)29)20(13-17)37-14-16-9-10-16/h6-8,11-13,15-16,26H,5,9-10,14,30H2,1-4H3,(H,35,36)/t15?,27-/m0/s1. The van der Waals surface area contributed by atoms with E-state index in [9.17, 15) is 23.5 Å². The van der Waals surface area contributed by atoms with Crippen molar-refractivity contribution in [2.45, 2.75) is 52.0 Å². The first-order valence-corrected chi connectivity index (χ1v) is 12.6. The van der Waals surface area contributed by atoms with Gasteiger partial charge < -0.3 is 30.0 Å². The Labute approximate surface area is 224 Å². The number of carboxylic acids is 1. The average Bonchev–Trinajstić information content (AvgIpc) is 3.67. The second kappa shape index (κ2) is 11.0. The predicted octanol–water partition coefficient (Wildman–Crippen LogP) is 3.92. The van der Waals surface area contributed by atoms with Crippen LogP contribution < -0.4 is 20.1 Å². The van der Waals surface area contributed by atoms with Gasteiger partial charge >= 0.3 is 12.6 Å². The lowest BCUT2D eigenvalue weighted by Gasteiger charge is -2.36. The number of carboxylic acid groups (broad SMARTS) is 1. The van der Waals surface area contributed by atoms with Gasteiger partial charge in [0.25, 0.3) is 5.91 Å². The first kappa shape index (κ1) is 28.1. The van der Waals surface area contributed by atoms with Crippen molar-refractivity contribution in [2.24, 2.45) is 11.7 Å². The van der Waals surface area contributed by atoms with Crippen molar-refractivity contribution in [1.29, 1.82) is 0 Å². The van der Waals surface area contributed by atoms with Gasteiger partial charge in [-0.25, -0.2) is 9.78 Å². The van der Waals surface area contributed by atoms with E-state index in [2.05, 4.69) is 9.72 Å². The Kier molecular flexibility index (Phi) is 7.96. The van der Waals surface area contributed by atoms with E-state index in [1.165, 1.54) is 34.1 Å². The summed E-state index contributed by atoms with van der Waals surface area (Å²) < 4.78 is 42.9. The van der Waals surface area contributed by atoms with Crippen LogP contribution >= 0.6 is 0 Å². The van der Waals surface area contributed by atoms with Crippen LogP contribution in [0.25, 0.3) is 0 Å². The Morgan fingerprint density at radius 2 is 2.00 bits per heavy atom. The molecule has 2 heterocycles. The van der Waals surface area contributed by atoms with Gasteiger partial charge in [0, 0.05) is 19.2 Å². The second-order valence-corrected chi connectivity index (χ2v) is 9.72. The van der Waals surface area contributed by atoms with Crippen molar-refractivity contribution in [2.75, 3.05) is 25.1 Å². The molecule has 1 aliphatic carbocycles. The zero-order valence-electron chi connectivity index (χ0n) is 22.2. The zero-order valence-corrected chi connectivity index (χ0v) is 22.2. The summed E-state index contributed by atoms with van der Waals surface area (Å²) in [4.78, 5) is 32.7. The lowest BCUT2D eigenvalue weighted by Crippen LogP contribution is -2.43. The number of aromatic nitrogens is 1. The molecule has 0 saturated heterocycles. The van der Waals surface area contributed by atoms with E-state index in [0.717, 1.165) is 12.8 Å². The van der Waals surface area contributed by atoms with Crippen LogP contribution in [0, 0.1) is 5.92 Å². The monoisotopic (exact) mass is 546 g/mol. The molecule has 2 atom stereocenters. The molecule has 3 N–H and O–H groups in total. The molecule has 0 radical (unpaired) electrons. The highest BCUT2D eigenvalue weighted by Gasteiger charge is 2.50. The number of carbonyl (C=O) groups is 2. The van der Waals surface area contributed by atoms with Crippen LogP contribution in [0.5, 0.6) is 11.5 Å². The van der Waals surface area contributed by atoms with Crippen molar-refractivity contribution in [1.82, 2.24) is 9.88 Å². The van der Waals surface area contributed by atoms with Crippen molar-refractivity contribution in [3.05, 3.63) is 59.1 Å². The van der Waals surface area contributed by atoms with Crippen molar-refractivity contribution < 1.29 is 37.7 Å². The smallest absolute Gasteiger partial charge is 0.387 e. The van der Waals surface area contributed by atoms with Gasteiger partial charge in [0.05, 0.1) is 12.6 Å². The van der Waals surface area contributed by atoms with Gasteiger partial charge in [-0.15, -0.1) is 0 Å². The van der Waals surface area contributed by atoms with Crippen LogP contribution in [0.4, 0.5) is 14.6 Å². The molecule has 0 spiro atoms. The van der Waals surface area contributed by atoms with E-state index in [-0.39, 0.29) is 40.4 Å². The van der Waals surface area contributed by atoms with Gasteiger partial charge in [-0.05, 0) is 69.9 Å². The number of pyridine rings is 1. The number of aliphatic carboxylic acids is 1. The number of nitrogens with two attached hydrogens (primary N) is 1. The van der Waals surface area contributed by atoms with E-state index >= 15 is 0 Å². The highest BCUT2D eigenvalue weighted by molar-refractivity contribution is 5.95. The number of carbonyl (C=O) groups excluding carboxylic acids is 1. The van der Waals surface area contributed by atoms with Gasteiger partial charge in [-0.1, -0.05) is 6.07 Å². The van der Waals surface area contributed by atoms with Crippen molar-refractivity contribution >= 4 is 17.7 Å². The Morgan fingerprint density at radius 3 is 2.59 bits per heavy atom. The number of ether oxygens (including phenoxy) is 3. The highest BCUT2D eigenvalue weighted by atomic mass is 19.3. The van der Waals surface area contributed by atoms with E-state index in [4.69, 9.17) is 15.2 Å². The summed E-state index contributed by atoms with van der Waals surface area (Å²) in [6, 6.07) is 8.15. The quantitative estimate of drug-likeness (QED) is 0.431. The van der Waals surface area contributed by atoms with Gasteiger partial charge in [0.1, 0.15) is 17.3 Å². The molecule has 210 valence electrons. The Morgan fingerprint density at radius 1 is 1.28 bits per heavy atom. The zero-order chi connectivity index (χ0) is 28.5. The summed E-state index contributed by atoms with van der Waals surface area (Å²) in [7, 11) is 1.63. The topological polar surface area (TPSA) is 127 Å². The minimum atomic E-state index is -3.07. The van der Waals surface area contributed by atoms with E-state index in [0.29, 0.717) is 24.6 Å². The SMILES string of the molecule is CCN(C)C(=O)c1cccc(N2C(C(=O)O)=C(C(C)N)O[C@@]2(C)c2ccc(OC(F)F)c(OCC3CC3)c2)n1. The number of rotatable bonds is 11. The van der Waals surface area contributed by atoms with E-state index in [1.54, 1.807) is 33.0 Å². The number of hydrogen-bond acceptors (Lipinski definition) is 8. The molecule has 39 heavy (non-hydrogen) atoms. The van der Waals surface area contributed by atoms with Gasteiger partial charge in [0.2, 0.25) is 5.72 Å². The molecule has 2 aliphatic rings. The number of benzene rings is 1. The lowest BCUT2D eigenvalue weighted by atomic mass is 10.0. The first-order chi connectivity index (χ1) is 18.5. The van der Waals surface area contributed by atoms with E-state index in [1.807, 2.05) is 6.92 Å². The summed E-state index contributed by atoms with van der Waals surface area (Å²) in [5, 5.41) is 10.2. The molecule has 1 fully saturated rings. The molecule has 10 nitrogen and oxygen atoms in total. The summed E-state index contributed by atoms with van der Waals surface area (Å²) in [6.07, 6.45) is 1.97. The summed E-state index contributed by atoms with van der Waals surface area (Å²) in [6.45, 7) is 2.70. The van der Waals surface area contributed by atoms with Crippen LogP contribution in [0.3, 0.4) is 0 Å². The van der Waals surface area contributed by atoms with Crippen molar-refractivity contribution in [3.8, 4) is 11.5 Å². The minimum Gasteiger partial charge on any atom is -0.489 e. The normalized spacial score (nSPS) is 19.6. The van der Waals surface area contributed by atoms with E-state index < -0.39 is 24.3 Å². The fraction of sp³-hybridized carbons (Fsp3) is 0.444. The fourth-order valence-electron chi connectivity index (χ4n) is 4.26. The molecule has 0 bridgehead atoms. The third kappa shape index (κ3) is 5.75. The van der Waals surface area contributed by atoms with Crippen LogP contribution in [0.1, 0.15) is 49.7 Å². The molecule has 1 amide bonds. The number of alkyl halides is 2. The van der Waals surface area contributed by atoms with Crippen LogP contribution in [0.2, 0.25) is 0 Å². The maximum atomic E-state index is 13.1. The van der Waals surface area contributed by atoms with Gasteiger partial charge in [-0.2, -0.15) is 8.78 Å².